The van der Waals surface area contributed by atoms with Gasteiger partial charge < -0.3 is 10.5 Å². The lowest BCUT2D eigenvalue weighted by atomic mass is 10.3. The summed E-state index contributed by atoms with van der Waals surface area (Å²) < 4.78 is 5.36. The molecule has 1 heterocycles. The molecule has 2 atom stereocenters. The summed E-state index contributed by atoms with van der Waals surface area (Å²) in [5.74, 6) is 0. The highest BCUT2D eigenvalue weighted by atomic mass is 16.5. The third kappa shape index (κ3) is 2.73. The van der Waals surface area contributed by atoms with Crippen LogP contribution in [-0.2, 0) is 4.74 Å². The van der Waals surface area contributed by atoms with Crippen LogP contribution < -0.4 is 5.73 Å². The van der Waals surface area contributed by atoms with Crippen LogP contribution in [0.2, 0.25) is 0 Å². The molecule has 1 rings (SSSR count). The van der Waals surface area contributed by atoms with E-state index in [4.69, 9.17) is 10.5 Å². The second kappa shape index (κ2) is 4.80. The summed E-state index contributed by atoms with van der Waals surface area (Å²) in [6, 6.07) is 0.910. The van der Waals surface area contributed by atoms with Crippen LogP contribution in [0.15, 0.2) is 0 Å². The minimum absolute atomic E-state index is 0.383. The Hall–Kier alpha value is -0.120. The Labute approximate surface area is 74.9 Å². The van der Waals surface area contributed by atoms with Crippen LogP contribution in [0.3, 0.4) is 0 Å². The Morgan fingerprint density at radius 2 is 2.42 bits per heavy atom. The van der Waals surface area contributed by atoms with E-state index in [-0.39, 0.29) is 0 Å². The molecular weight excluding hydrogens is 152 g/mol. The zero-order chi connectivity index (χ0) is 8.97. The van der Waals surface area contributed by atoms with E-state index in [9.17, 15) is 0 Å². The number of nitrogens with two attached hydrogens (primary N) is 1. The van der Waals surface area contributed by atoms with Crippen LogP contribution in [-0.4, -0.2) is 43.3 Å². The summed E-state index contributed by atoms with van der Waals surface area (Å²) >= 11 is 0. The second-order valence-corrected chi connectivity index (χ2v) is 3.55. The van der Waals surface area contributed by atoms with Crippen molar-refractivity contribution in [2.45, 2.75) is 32.4 Å². The van der Waals surface area contributed by atoms with Gasteiger partial charge in [0, 0.05) is 31.8 Å². The lowest BCUT2D eigenvalue weighted by Crippen LogP contribution is -2.36. The first-order chi connectivity index (χ1) is 5.74. The van der Waals surface area contributed by atoms with Crippen molar-refractivity contribution in [3.8, 4) is 0 Å². The molecular formula is C9H20N2O. The predicted molar refractivity (Wildman–Crippen MR) is 50.1 cm³/mol. The molecule has 1 aliphatic heterocycles. The van der Waals surface area contributed by atoms with Gasteiger partial charge in [-0.2, -0.15) is 0 Å². The molecule has 0 saturated carbocycles. The van der Waals surface area contributed by atoms with Crippen molar-refractivity contribution in [3.05, 3.63) is 0 Å². The number of hydrogen-bond acceptors (Lipinski definition) is 3. The van der Waals surface area contributed by atoms with E-state index in [2.05, 4.69) is 11.8 Å². The summed E-state index contributed by atoms with van der Waals surface area (Å²) in [5, 5.41) is 0. The molecule has 0 aromatic heterocycles. The van der Waals surface area contributed by atoms with E-state index in [1.807, 2.05) is 6.92 Å². The molecule has 12 heavy (non-hydrogen) atoms. The van der Waals surface area contributed by atoms with Crippen LogP contribution in [0.1, 0.15) is 20.3 Å². The van der Waals surface area contributed by atoms with Gasteiger partial charge in [0.25, 0.3) is 0 Å². The highest BCUT2D eigenvalue weighted by Crippen LogP contribution is 2.10. The van der Waals surface area contributed by atoms with E-state index < -0.39 is 0 Å². The van der Waals surface area contributed by atoms with Gasteiger partial charge >= 0.3 is 0 Å². The predicted octanol–water partition coefficient (Wildman–Crippen LogP) is 0.444. The van der Waals surface area contributed by atoms with Crippen molar-refractivity contribution in [1.82, 2.24) is 4.90 Å². The van der Waals surface area contributed by atoms with E-state index in [0.717, 1.165) is 32.7 Å². The summed E-state index contributed by atoms with van der Waals surface area (Å²) in [6.45, 7) is 8.05. The zero-order valence-corrected chi connectivity index (χ0v) is 8.12. The summed E-state index contributed by atoms with van der Waals surface area (Å²) in [4.78, 5) is 2.40. The number of ether oxygens (including phenoxy) is 1. The molecule has 2 unspecified atom stereocenters. The fourth-order valence-electron chi connectivity index (χ4n) is 1.61. The molecule has 2 N–H and O–H groups in total. The van der Waals surface area contributed by atoms with Crippen LogP contribution in [0.4, 0.5) is 0 Å². The van der Waals surface area contributed by atoms with Gasteiger partial charge in [0.05, 0.1) is 6.61 Å². The molecule has 1 aliphatic rings. The largest absolute Gasteiger partial charge is 0.380 e. The fraction of sp³-hybridized carbons (Fsp3) is 1.00. The molecule has 0 aromatic carbocycles. The molecule has 0 aliphatic carbocycles. The fourth-order valence-corrected chi connectivity index (χ4v) is 1.61. The van der Waals surface area contributed by atoms with Gasteiger partial charge in [0.2, 0.25) is 0 Å². The van der Waals surface area contributed by atoms with Gasteiger partial charge in [-0.3, -0.25) is 4.90 Å². The quantitative estimate of drug-likeness (QED) is 0.669. The van der Waals surface area contributed by atoms with Gasteiger partial charge in [-0.25, -0.2) is 0 Å². The first kappa shape index (κ1) is 9.96. The van der Waals surface area contributed by atoms with E-state index in [1.54, 1.807) is 0 Å². The van der Waals surface area contributed by atoms with Crippen molar-refractivity contribution < 1.29 is 4.74 Å². The van der Waals surface area contributed by atoms with Crippen LogP contribution in [0.5, 0.6) is 0 Å². The second-order valence-electron chi connectivity index (χ2n) is 3.55. The molecule has 0 spiro atoms. The number of rotatable bonds is 4. The van der Waals surface area contributed by atoms with Crippen molar-refractivity contribution in [2.75, 3.05) is 26.3 Å². The Bertz CT molecular complexity index is 130. The SMILES string of the molecule is CCOCC(C)N1CCC(N)C1. The molecule has 1 saturated heterocycles. The van der Waals surface area contributed by atoms with Crippen molar-refractivity contribution in [3.63, 3.8) is 0 Å². The third-order valence-electron chi connectivity index (χ3n) is 2.44. The van der Waals surface area contributed by atoms with Crippen molar-refractivity contribution >= 4 is 0 Å². The van der Waals surface area contributed by atoms with Crippen LogP contribution >= 0.6 is 0 Å². The van der Waals surface area contributed by atoms with Gasteiger partial charge in [-0.15, -0.1) is 0 Å². The highest BCUT2D eigenvalue weighted by molar-refractivity contribution is 4.81. The van der Waals surface area contributed by atoms with Gasteiger partial charge in [0.1, 0.15) is 0 Å². The number of nitrogens with zero attached hydrogens (tertiary/aromatic N) is 1. The van der Waals surface area contributed by atoms with Gasteiger partial charge in [-0.05, 0) is 20.3 Å². The Balaban J connectivity index is 2.18. The Morgan fingerprint density at radius 1 is 1.67 bits per heavy atom. The maximum atomic E-state index is 5.81. The molecule has 72 valence electrons. The molecule has 0 bridgehead atoms. The maximum absolute atomic E-state index is 5.81. The normalized spacial score (nSPS) is 27.8. The van der Waals surface area contributed by atoms with Crippen molar-refractivity contribution in [1.29, 1.82) is 0 Å². The number of hydrogen-bond donors (Lipinski definition) is 1. The number of likely N-dealkylation sites (tertiary alicyclic amines) is 1. The molecule has 3 heteroatoms. The van der Waals surface area contributed by atoms with E-state index in [0.29, 0.717) is 12.1 Å². The Kier molecular flexibility index (Phi) is 3.98. The summed E-state index contributed by atoms with van der Waals surface area (Å²) in [7, 11) is 0. The molecule has 0 radical (unpaired) electrons. The summed E-state index contributed by atoms with van der Waals surface area (Å²) in [6.07, 6.45) is 1.14. The van der Waals surface area contributed by atoms with E-state index in [1.165, 1.54) is 0 Å². The highest BCUT2D eigenvalue weighted by Gasteiger charge is 2.22. The smallest absolute Gasteiger partial charge is 0.0619 e. The molecule has 0 aromatic rings. The average molecular weight is 172 g/mol. The third-order valence-corrected chi connectivity index (χ3v) is 2.44. The Morgan fingerprint density at radius 3 is 2.92 bits per heavy atom. The topological polar surface area (TPSA) is 38.5 Å². The summed E-state index contributed by atoms with van der Waals surface area (Å²) in [5.41, 5.74) is 5.81. The lowest BCUT2D eigenvalue weighted by molar-refractivity contribution is 0.0840. The first-order valence-electron chi connectivity index (χ1n) is 4.81. The standard InChI is InChI=1S/C9H20N2O/c1-3-12-7-8(2)11-5-4-9(10)6-11/h8-9H,3-7,10H2,1-2H3. The molecule has 3 nitrogen and oxygen atoms in total. The minimum Gasteiger partial charge on any atom is -0.380 e. The lowest BCUT2D eigenvalue weighted by Gasteiger charge is -2.23. The molecule has 0 amide bonds. The zero-order valence-electron chi connectivity index (χ0n) is 8.12. The minimum atomic E-state index is 0.383. The van der Waals surface area contributed by atoms with Gasteiger partial charge in [-0.1, -0.05) is 0 Å². The monoisotopic (exact) mass is 172 g/mol. The van der Waals surface area contributed by atoms with E-state index >= 15 is 0 Å². The van der Waals surface area contributed by atoms with Crippen LogP contribution in [0.25, 0.3) is 0 Å². The van der Waals surface area contributed by atoms with Gasteiger partial charge in [0.15, 0.2) is 0 Å². The average Bonchev–Trinajstić information content (AvgIpc) is 2.47. The molecule has 1 fully saturated rings. The maximum Gasteiger partial charge on any atom is 0.0619 e. The van der Waals surface area contributed by atoms with Crippen molar-refractivity contribution in [2.24, 2.45) is 5.73 Å². The van der Waals surface area contributed by atoms with Crippen LogP contribution in [0, 0.1) is 0 Å². The first-order valence-corrected chi connectivity index (χ1v) is 4.81.